The molecular formula is C24H25N3O2. The molecular weight excluding hydrogens is 362 g/mol. The average molecular weight is 387 g/mol. The number of hydrogen-bond donors (Lipinski definition) is 1. The molecule has 3 aromatic carbocycles. The standard InChI is InChI=1S/C24H25N3O2/c1-28-20-12-13-22-21(14-20)26-24(27(22)17-18-8-4-3-5-9-18)16-25-15-19-10-6-7-11-23(19)29-2/h3-14,25H,15-17H2,1-2H3. The molecule has 1 aromatic heterocycles. The molecule has 1 heterocycles. The number of methoxy groups -OCH3 is 2. The van der Waals surface area contributed by atoms with Gasteiger partial charge in [0, 0.05) is 24.7 Å². The van der Waals surface area contributed by atoms with Crippen LogP contribution in [0.3, 0.4) is 0 Å². The third-order valence-corrected chi connectivity index (χ3v) is 5.01. The number of fused-ring (bicyclic) bond motifs is 1. The fourth-order valence-electron chi connectivity index (χ4n) is 3.52. The topological polar surface area (TPSA) is 48.3 Å². The fraction of sp³-hybridized carbons (Fsp3) is 0.208. The summed E-state index contributed by atoms with van der Waals surface area (Å²) in [6.07, 6.45) is 0. The maximum absolute atomic E-state index is 5.45. The Hall–Kier alpha value is -3.31. The van der Waals surface area contributed by atoms with Gasteiger partial charge in [0.1, 0.15) is 17.3 Å². The summed E-state index contributed by atoms with van der Waals surface area (Å²) in [5, 5.41) is 3.51. The number of para-hydroxylation sites is 1. The Bertz CT molecular complexity index is 1090. The van der Waals surface area contributed by atoms with Gasteiger partial charge in [-0.15, -0.1) is 0 Å². The van der Waals surface area contributed by atoms with Crippen molar-refractivity contribution in [3.63, 3.8) is 0 Å². The molecule has 0 aliphatic heterocycles. The van der Waals surface area contributed by atoms with E-state index < -0.39 is 0 Å². The summed E-state index contributed by atoms with van der Waals surface area (Å²) in [4.78, 5) is 4.88. The molecule has 0 fully saturated rings. The lowest BCUT2D eigenvalue weighted by Gasteiger charge is -2.12. The van der Waals surface area contributed by atoms with Crippen molar-refractivity contribution in [1.82, 2.24) is 14.9 Å². The van der Waals surface area contributed by atoms with Gasteiger partial charge < -0.3 is 19.4 Å². The van der Waals surface area contributed by atoms with Crippen LogP contribution in [0.1, 0.15) is 17.0 Å². The van der Waals surface area contributed by atoms with E-state index in [0.29, 0.717) is 13.1 Å². The van der Waals surface area contributed by atoms with Gasteiger partial charge in [0.25, 0.3) is 0 Å². The van der Waals surface area contributed by atoms with E-state index in [-0.39, 0.29) is 0 Å². The molecule has 1 N–H and O–H groups in total. The second kappa shape index (κ2) is 8.80. The van der Waals surface area contributed by atoms with Crippen LogP contribution in [0.4, 0.5) is 0 Å². The van der Waals surface area contributed by atoms with Gasteiger partial charge in [-0.25, -0.2) is 4.98 Å². The highest BCUT2D eigenvalue weighted by Crippen LogP contribution is 2.23. The third-order valence-electron chi connectivity index (χ3n) is 5.01. The van der Waals surface area contributed by atoms with Crippen LogP contribution in [0, 0.1) is 0 Å². The third kappa shape index (κ3) is 4.25. The van der Waals surface area contributed by atoms with Crippen LogP contribution in [0.2, 0.25) is 0 Å². The largest absolute Gasteiger partial charge is 0.497 e. The van der Waals surface area contributed by atoms with Gasteiger partial charge in [-0.2, -0.15) is 0 Å². The molecule has 0 bridgehead atoms. The second-order valence-corrected chi connectivity index (χ2v) is 6.87. The van der Waals surface area contributed by atoms with E-state index in [4.69, 9.17) is 14.5 Å². The molecule has 0 amide bonds. The van der Waals surface area contributed by atoms with Gasteiger partial charge >= 0.3 is 0 Å². The van der Waals surface area contributed by atoms with E-state index in [2.05, 4.69) is 46.3 Å². The first-order chi connectivity index (χ1) is 14.3. The summed E-state index contributed by atoms with van der Waals surface area (Å²) in [6, 6.07) is 24.6. The Balaban J connectivity index is 1.60. The molecule has 4 aromatic rings. The Morgan fingerprint density at radius 1 is 0.862 bits per heavy atom. The van der Waals surface area contributed by atoms with E-state index in [9.17, 15) is 0 Å². The summed E-state index contributed by atoms with van der Waals surface area (Å²) < 4.78 is 13.1. The first-order valence-electron chi connectivity index (χ1n) is 9.68. The van der Waals surface area contributed by atoms with Crippen LogP contribution in [-0.2, 0) is 19.6 Å². The predicted octanol–water partition coefficient (Wildman–Crippen LogP) is 4.39. The lowest BCUT2D eigenvalue weighted by molar-refractivity contribution is 0.407. The van der Waals surface area contributed by atoms with E-state index in [0.717, 1.165) is 40.5 Å². The normalized spacial score (nSPS) is 11.0. The molecule has 0 aliphatic carbocycles. The summed E-state index contributed by atoms with van der Waals surface area (Å²) in [6.45, 7) is 2.14. The molecule has 0 radical (unpaired) electrons. The summed E-state index contributed by atoms with van der Waals surface area (Å²) >= 11 is 0. The number of rotatable bonds is 8. The van der Waals surface area contributed by atoms with Crippen molar-refractivity contribution in [2.45, 2.75) is 19.6 Å². The first kappa shape index (κ1) is 19.0. The number of imidazole rings is 1. The molecule has 0 saturated heterocycles. The SMILES string of the molecule is COc1ccc2c(c1)nc(CNCc1ccccc1OC)n2Cc1ccccc1. The molecule has 4 rings (SSSR count). The van der Waals surface area contributed by atoms with Gasteiger partial charge in [-0.3, -0.25) is 0 Å². The van der Waals surface area contributed by atoms with Gasteiger partial charge in [0.15, 0.2) is 0 Å². The van der Waals surface area contributed by atoms with Crippen molar-refractivity contribution in [2.24, 2.45) is 0 Å². The van der Waals surface area contributed by atoms with E-state index in [1.807, 2.05) is 36.4 Å². The number of ether oxygens (including phenoxy) is 2. The van der Waals surface area contributed by atoms with Crippen molar-refractivity contribution >= 4 is 11.0 Å². The quantitative estimate of drug-likeness (QED) is 0.487. The number of nitrogens with zero attached hydrogens (tertiary/aromatic N) is 2. The molecule has 29 heavy (non-hydrogen) atoms. The van der Waals surface area contributed by atoms with Crippen molar-refractivity contribution in [3.05, 3.63) is 89.7 Å². The van der Waals surface area contributed by atoms with Crippen molar-refractivity contribution < 1.29 is 9.47 Å². The molecule has 0 atom stereocenters. The highest BCUT2D eigenvalue weighted by atomic mass is 16.5. The first-order valence-corrected chi connectivity index (χ1v) is 9.68. The smallest absolute Gasteiger partial charge is 0.124 e. The molecule has 0 aliphatic rings. The number of hydrogen-bond acceptors (Lipinski definition) is 4. The van der Waals surface area contributed by atoms with Gasteiger partial charge in [0.05, 0.1) is 31.8 Å². The van der Waals surface area contributed by atoms with Crippen LogP contribution in [0.25, 0.3) is 11.0 Å². The lowest BCUT2D eigenvalue weighted by atomic mass is 10.2. The highest BCUT2D eigenvalue weighted by molar-refractivity contribution is 5.78. The minimum Gasteiger partial charge on any atom is -0.497 e. The summed E-state index contributed by atoms with van der Waals surface area (Å²) in [5.41, 5.74) is 4.41. The van der Waals surface area contributed by atoms with Crippen molar-refractivity contribution in [2.75, 3.05) is 14.2 Å². The zero-order valence-corrected chi connectivity index (χ0v) is 16.8. The van der Waals surface area contributed by atoms with Crippen molar-refractivity contribution in [3.8, 4) is 11.5 Å². The van der Waals surface area contributed by atoms with E-state index >= 15 is 0 Å². The highest BCUT2D eigenvalue weighted by Gasteiger charge is 2.12. The second-order valence-electron chi connectivity index (χ2n) is 6.87. The number of benzene rings is 3. The minimum atomic E-state index is 0.655. The maximum Gasteiger partial charge on any atom is 0.124 e. The van der Waals surface area contributed by atoms with Crippen LogP contribution in [0.5, 0.6) is 11.5 Å². The average Bonchev–Trinajstić information content (AvgIpc) is 3.11. The van der Waals surface area contributed by atoms with Crippen molar-refractivity contribution in [1.29, 1.82) is 0 Å². The Morgan fingerprint density at radius 2 is 1.66 bits per heavy atom. The monoisotopic (exact) mass is 387 g/mol. The molecule has 148 valence electrons. The number of nitrogens with one attached hydrogen (secondary N) is 1. The van der Waals surface area contributed by atoms with Gasteiger partial charge in [-0.1, -0.05) is 48.5 Å². The van der Waals surface area contributed by atoms with E-state index in [1.165, 1.54) is 5.56 Å². The summed E-state index contributed by atoms with van der Waals surface area (Å²) in [7, 11) is 3.38. The van der Waals surface area contributed by atoms with Crippen LogP contribution in [-0.4, -0.2) is 23.8 Å². The molecule has 5 nitrogen and oxygen atoms in total. The molecule has 0 unspecified atom stereocenters. The van der Waals surface area contributed by atoms with Crippen LogP contribution in [0.15, 0.2) is 72.8 Å². The Kier molecular flexibility index (Phi) is 5.77. The van der Waals surface area contributed by atoms with E-state index in [1.54, 1.807) is 14.2 Å². The predicted molar refractivity (Wildman–Crippen MR) is 115 cm³/mol. The Morgan fingerprint density at radius 3 is 2.45 bits per heavy atom. The molecule has 5 heteroatoms. The number of aromatic nitrogens is 2. The zero-order chi connectivity index (χ0) is 20.1. The minimum absolute atomic E-state index is 0.655. The van der Waals surface area contributed by atoms with Crippen LogP contribution >= 0.6 is 0 Å². The maximum atomic E-state index is 5.45. The summed E-state index contributed by atoms with van der Waals surface area (Å²) in [5.74, 6) is 2.70. The van der Waals surface area contributed by atoms with Crippen LogP contribution < -0.4 is 14.8 Å². The molecule has 0 spiro atoms. The molecule has 0 saturated carbocycles. The lowest BCUT2D eigenvalue weighted by Crippen LogP contribution is -2.17. The zero-order valence-electron chi connectivity index (χ0n) is 16.8. The van der Waals surface area contributed by atoms with Gasteiger partial charge in [0.2, 0.25) is 0 Å². The fourth-order valence-corrected chi connectivity index (χ4v) is 3.52. The Labute approximate surface area is 170 Å². The van der Waals surface area contributed by atoms with Gasteiger partial charge in [-0.05, 0) is 23.8 Å².